The van der Waals surface area contributed by atoms with Crippen molar-refractivity contribution in [3.8, 4) is 11.5 Å². The Bertz CT molecular complexity index is 714. The highest BCUT2D eigenvalue weighted by Gasteiger charge is 2.21. The minimum Gasteiger partial charge on any atom is -0.490 e. The lowest BCUT2D eigenvalue weighted by Crippen LogP contribution is -2.45. The highest BCUT2D eigenvalue weighted by atomic mass is 32.2. The maximum Gasteiger partial charge on any atom is 0.221 e. The van der Waals surface area contributed by atoms with E-state index in [4.69, 9.17) is 9.47 Å². The van der Waals surface area contributed by atoms with Gasteiger partial charge in [0.2, 0.25) is 5.91 Å². The number of nitrogens with one attached hydrogen (secondary N) is 2. The fraction of sp³-hybridized carbons (Fsp3) is 0.588. The normalized spacial score (nSPS) is 20.6. The highest BCUT2D eigenvalue weighted by Crippen LogP contribution is 2.32. The molecule has 0 bridgehead atoms. The van der Waals surface area contributed by atoms with Gasteiger partial charge in [0.15, 0.2) is 21.3 Å². The molecule has 0 aliphatic carbocycles. The van der Waals surface area contributed by atoms with Crippen LogP contribution in [0.4, 0.5) is 0 Å². The van der Waals surface area contributed by atoms with Crippen molar-refractivity contribution >= 4 is 15.7 Å². The van der Waals surface area contributed by atoms with Gasteiger partial charge in [0.05, 0.1) is 23.9 Å². The maximum absolute atomic E-state index is 12.5. The summed E-state index contributed by atoms with van der Waals surface area (Å²) in [6.45, 7) is 2.75. The lowest BCUT2D eigenvalue weighted by Gasteiger charge is -2.23. The van der Waals surface area contributed by atoms with Gasteiger partial charge >= 0.3 is 0 Å². The van der Waals surface area contributed by atoms with Crippen molar-refractivity contribution in [3.05, 3.63) is 18.2 Å². The van der Waals surface area contributed by atoms with Gasteiger partial charge in [0, 0.05) is 31.5 Å². The van der Waals surface area contributed by atoms with Crippen molar-refractivity contribution in [2.75, 3.05) is 32.1 Å². The van der Waals surface area contributed by atoms with E-state index in [-0.39, 0.29) is 29.0 Å². The zero-order chi connectivity index (χ0) is 17.7. The Kier molecular flexibility index (Phi) is 5.80. The molecule has 2 aliphatic rings. The molecule has 2 aliphatic heterocycles. The monoisotopic (exact) mass is 368 g/mol. The SMILES string of the molecule is O=C(CCS(=O)(=O)c1ccc2c(c1)OCCCO2)NC1CCCNC1. The Balaban J connectivity index is 1.59. The number of carbonyl (C=O) groups excluding carboxylic acids is 1. The Labute approximate surface area is 148 Å². The minimum atomic E-state index is -3.55. The van der Waals surface area contributed by atoms with Crippen LogP contribution in [0.15, 0.2) is 23.1 Å². The van der Waals surface area contributed by atoms with E-state index < -0.39 is 9.84 Å². The molecule has 1 unspecified atom stereocenters. The van der Waals surface area contributed by atoms with Crippen molar-refractivity contribution < 1.29 is 22.7 Å². The molecule has 0 radical (unpaired) electrons. The second kappa shape index (κ2) is 8.05. The van der Waals surface area contributed by atoms with Crippen molar-refractivity contribution in [1.29, 1.82) is 0 Å². The van der Waals surface area contributed by atoms with E-state index in [1.165, 1.54) is 12.1 Å². The Morgan fingerprint density at radius 3 is 2.76 bits per heavy atom. The lowest BCUT2D eigenvalue weighted by atomic mass is 10.1. The number of benzene rings is 1. The number of rotatable bonds is 5. The number of ether oxygens (including phenoxy) is 2. The fourth-order valence-corrected chi connectivity index (χ4v) is 4.21. The Hall–Kier alpha value is -1.80. The van der Waals surface area contributed by atoms with Crippen molar-refractivity contribution in [2.45, 2.75) is 36.6 Å². The summed E-state index contributed by atoms with van der Waals surface area (Å²) in [7, 11) is -3.55. The molecule has 0 spiro atoms. The average molecular weight is 368 g/mol. The van der Waals surface area contributed by atoms with E-state index in [0.717, 1.165) is 32.4 Å². The second-order valence-electron chi connectivity index (χ2n) is 6.34. The van der Waals surface area contributed by atoms with Crippen LogP contribution in [0.25, 0.3) is 0 Å². The van der Waals surface area contributed by atoms with E-state index >= 15 is 0 Å². The summed E-state index contributed by atoms with van der Waals surface area (Å²) in [6, 6.07) is 4.69. The largest absolute Gasteiger partial charge is 0.490 e. The van der Waals surface area contributed by atoms with Crippen LogP contribution in [0.5, 0.6) is 11.5 Å². The fourth-order valence-electron chi connectivity index (χ4n) is 2.96. The number of piperidine rings is 1. The van der Waals surface area contributed by atoms with Crippen molar-refractivity contribution in [3.63, 3.8) is 0 Å². The summed E-state index contributed by atoms with van der Waals surface area (Å²) in [5, 5.41) is 6.10. The van der Waals surface area contributed by atoms with Crippen molar-refractivity contribution in [2.24, 2.45) is 0 Å². The van der Waals surface area contributed by atoms with Gasteiger partial charge in [-0.2, -0.15) is 0 Å². The van der Waals surface area contributed by atoms with Gasteiger partial charge in [0.1, 0.15) is 0 Å². The van der Waals surface area contributed by atoms with Gasteiger partial charge in [-0.1, -0.05) is 0 Å². The first-order chi connectivity index (χ1) is 12.0. The molecule has 0 aromatic heterocycles. The Morgan fingerprint density at radius 2 is 2.00 bits per heavy atom. The zero-order valence-corrected chi connectivity index (χ0v) is 14.9. The third-order valence-corrected chi connectivity index (χ3v) is 6.05. The van der Waals surface area contributed by atoms with Crippen LogP contribution < -0.4 is 20.1 Å². The van der Waals surface area contributed by atoms with Gasteiger partial charge < -0.3 is 20.1 Å². The molecule has 2 N–H and O–H groups in total. The predicted molar refractivity (Wildman–Crippen MR) is 92.8 cm³/mol. The third-order valence-electron chi connectivity index (χ3n) is 4.34. The molecule has 138 valence electrons. The van der Waals surface area contributed by atoms with E-state index in [1.807, 2.05) is 0 Å². The molecule has 8 heteroatoms. The topological polar surface area (TPSA) is 93.7 Å². The summed E-state index contributed by atoms with van der Waals surface area (Å²) in [5.74, 6) is 0.542. The van der Waals surface area contributed by atoms with Crippen LogP contribution in [-0.2, 0) is 14.6 Å². The molecule has 1 saturated heterocycles. The molecule has 1 atom stereocenters. The number of hydrogen-bond donors (Lipinski definition) is 2. The molecule has 0 saturated carbocycles. The first-order valence-electron chi connectivity index (χ1n) is 8.67. The standard InChI is InChI=1S/C17H24N2O5S/c20-17(19-13-3-1-7-18-12-13)6-10-25(21,22)14-4-5-15-16(11-14)24-9-2-8-23-15/h4-5,11,13,18H,1-3,6-10,12H2,(H,19,20). The van der Waals surface area contributed by atoms with E-state index in [9.17, 15) is 13.2 Å². The first kappa shape index (κ1) is 18.0. The minimum absolute atomic E-state index is 0.0483. The lowest BCUT2D eigenvalue weighted by molar-refractivity contribution is -0.121. The molecule has 25 heavy (non-hydrogen) atoms. The van der Waals surface area contributed by atoms with Gasteiger partial charge in [-0.15, -0.1) is 0 Å². The van der Waals surface area contributed by atoms with Crippen LogP contribution in [0.3, 0.4) is 0 Å². The number of fused-ring (bicyclic) bond motifs is 1. The predicted octanol–water partition coefficient (Wildman–Crippen LogP) is 0.880. The molecular formula is C17H24N2O5S. The third kappa shape index (κ3) is 4.85. The molecule has 7 nitrogen and oxygen atoms in total. The molecule has 1 fully saturated rings. The van der Waals surface area contributed by atoms with Crippen LogP contribution in [-0.4, -0.2) is 52.4 Å². The summed E-state index contributed by atoms with van der Waals surface area (Å²) in [6.07, 6.45) is 2.65. The Morgan fingerprint density at radius 1 is 1.20 bits per heavy atom. The molecule has 3 rings (SSSR count). The average Bonchev–Trinajstić information content (AvgIpc) is 2.86. The molecule has 1 aromatic rings. The number of sulfone groups is 1. The number of amides is 1. The highest BCUT2D eigenvalue weighted by molar-refractivity contribution is 7.91. The summed E-state index contributed by atoms with van der Waals surface area (Å²) >= 11 is 0. The van der Waals surface area contributed by atoms with Crippen molar-refractivity contribution in [1.82, 2.24) is 10.6 Å². The molecule has 1 amide bonds. The second-order valence-corrected chi connectivity index (χ2v) is 8.45. The van der Waals surface area contributed by atoms with Crippen LogP contribution >= 0.6 is 0 Å². The van der Waals surface area contributed by atoms with Gasteiger partial charge in [-0.05, 0) is 31.5 Å². The van der Waals surface area contributed by atoms with E-state index in [2.05, 4.69) is 10.6 Å². The van der Waals surface area contributed by atoms with Gasteiger partial charge in [-0.3, -0.25) is 4.79 Å². The summed E-state index contributed by atoms with van der Waals surface area (Å²) < 4.78 is 36.1. The van der Waals surface area contributed by atoms with Crippen LogP contribution in [0.1, 0.15) is 25.7 Å². The van der Waals surface area contributed by atoms with Gasteiger partial charge in [-0.25, -0.2) is 8.42 Å². The smallest absolute Gasteiger partial charge is 0.221 e. The van der Waals surface area contributed by atoms with Gasteiger partial charge in [0.25, 0.3) is 0 Å². The van der Waals surface area contributed by atoms with Crippen LogP contribution in [0, 0.1) is 0 Å². The molecular weight excluding hydrogens is 344 g/mol. The number of carbonyl (C=O) groups is 1. The molecule has 2 heterocycles. The molecule has 1 aromatic carbocycles. The quantitative estimate of drug-likeness (QED) is 0.801. The summed E-state index contributed by atoms with van der Waals surface area (Å²) in [5.41, 5.74) is 0. The summed E-state index contributed by atoms with van der Waals surface area (Å²) in [4.78, 5) is 12.2. The van der Waals surface area contributed by atoms with Crippen LogP contribution in [0.2, 0.25) is 0 Å². The number of hydrogen-bond acceptors (Lipinski definition) is 6. The maximum atomic E-state index is 12.5. The van der Waals surface area contributed by atoms with E-state index in [1.54, 1.807) is 6.07 Å². The van der Waals surface area contributed by atoms with E-state index in [0.29, 0.717) is 24.7 Å². The zero-order valence-electron chi connectivity index (χ0n) is 14.1. The first-order valence-corrected chi connectivity index (χ1v) is 10.3.